The van der Waals surface area contributed by atoms with Crippen LogP contribution in [0.2, 0.25) is 5.02 Å². The smallest absolute Gasteiger partial charge is 0.281 e. The van der Waals surface area contributed by atoms with Gasteiger partial charge in [0, 0.05) is 37.9 Å². The van der Waals surface area contributed by atoms with Gasteiger partial charge in [-0.25, -0.2) is 8.42 Å². The molecule has 12 heteroatoms. The van der Waals surface area contributed by atoms with Gasteiger partial charge in [0.1, 0.15) is 0 Å². The molecule has 1 aliphatic rings. The van der Waals surface area contributed by atoms with Crippen LogP contribution in [0.5, 0.6) is 0 Å². The molecule has 2 aromatic rings. The van der Waals surface area contributed by atoms with Gasteiger partial charge in [0.25, 0.3) is 20.2 Å². The summed E-state index contributed by atoms with van der Waals surface area (Å²) >= 11 is 5.89. The highest BCUT2D eigenvalue weighted by atomic mass is 35.5. The Balaban J connectivity index is 1.65. The van der Waals surface area contributed by atoms with Crippen LogP contribution >= 0.6 is 11.6 Å². The average molecular weight is 501 g/mol. The molecule has 0 aromatic heterocycles. The maximum absolute atomic E-state index is 12.7. The first-order valence-electron chi connectivity index (χ1n) is 9.86. The second kappa shape index (κ2) is 9.75. The second-order valence-electron chi connectivity index (χ2n) is 7.62. The van der Waals surface area contributed by atoms with E-state index in [1.807, 2.05) is 0 Å². The minimum atomic E-state index is -3.83. The van der Waals surface area contributed by atoms with E-state index in [0.29, 0.717) is 35.8 Å². The summed E-state index contributed by atoms with van der Waals surface area (Å²) in [6, 6.07) is 12.1. The molecule has 0 radical (unpaired) electrons. The summed E-state index contributed by atoms with van der Waals surface area (Å²) in [5.41, 5.74) is 0.758. The van der Waals surface area contributed by atoms with Gasteiger partial charge in [0.05, 0.1) is 16.5 Å². The number of hydrogen-bond donors (Lipinski definition) is 2. The average Bonchev–Trinajstić information content (AvgIpc) is 2.74. The molecule has 174 valence electrons. The van der Waals surface area contributed by atoms with Gasteiger partial charge < -0.3 is 5.32 Å². The van der Waals surface area contributed by atoms with E-state index in [1.54, 1.807) is 18.2 Å². The highest BCUT2D eigenvalue weighted by Crippen LogP contribution is 2.23. The number of benzene rings is 2. The highest BCUT2D eigenvalue weighted by molar-refractivity contribution is 7.92. The zero-order valence-corrected chi connectivity index (χ0v) is 20.0. The summed E-state index contributed by atoms with van der Waals surface area (Å²) in [6.07, 6.45) is 1.15. The predicted octanol–water partition coefficient (Wildman–Crippen LogP) is 2.60. The molecular weight excluding hydrogens is 476 g/mol. The molecule has 1 fully saturated rings. The Hall–Kier alpha value is -2.18. The molecule has 0 bridgehead atoms. The molecule has 0 saturated carbocycles. The number of carbonyl (C=O) groups is 1. The van der Waals surface area contributed by atoms with Crippen LogP contribution in [-0.2, 0) is 25.0 Å². The van der Waals surface area contributed by atoms with Crippen molar-refractivity contribution >= 4 is 49.1 Å². The van der Waals surface area contributed by atoms with Gasteiger partial charge >= 0.3 is 0 Å². The Labute approximate surface area is 193 Å². The summed E-state index contributed by atoms with van der Waals surface area (Å²) in [5, 5.41) is 3.15. The summed E-state index contributed by atoms with van der Waals surface area (Å²) in [5.74, 6) is -0.803. The summed E-state index contributed by atoms with van der Waals surface area (Å²) in [7, 11) is -4.50. The first kappa shape index (κ1) is 24.5. The largest absolute Gasteiger partial charge is 0.326 e. The monoisotopic (exact) mass is 500 g/mol. The second-order valence-corrected chi connectivity index (χ2v) is 11.9. The lowest BCUT2D eigenvalue weighted by molar-refractivity contribution is -0.120. The van der Waals surface area contributed by atoms with E-state index < -0.39 is 26.2 Å². The Morgan fingerprint density at radius 2 is 1.75 bits per heavy atom. The summed E-state index contributed by atoms with van der Waals surface area (Å²) in [6.45, 7) is 0.471. The SMILES string of the molecule is CN(C)S(=O)(=O)N1CCC[C@H](C(=O)Nc2ccc(S(=O)(=O)Nc3cccc(Cl)c3)cc2)C1. The fourth-order valence-corrected chi connectivity index (χ4v) is 5.75. The van der Waals surface area contributed by atoms with Crippen LogP contribution in [0.4, 0.5) is 11.4 Å². The molecule has 32 heavy (non-hydrogen) atoms. The maximum atomic E-state index is 12.7. The van der Waals surface area contributed by atoms with Gasteiger partial charge in [-0.15, -0.1) is 0 Å². The van der Waals surface area contributed by atoms with Crippen molar-refractivity contribution in [3.8, 4) is 0 Å². The number of sulfonamides is 1. The van der Waals surface area contributed by atoms with Gasteiger partial charge in [-0.3, -0.25) is 9.52 Å². The van der Waals surface area contributed by atoms with Crippen LogP contribution in [0.15, 0.2) is 53.4 Å². The van der Waals surface area contributed by atoms with E-state index in [2.05, 4.69) is 10.0 Å². The number of halogens is 1. The zero-order chi connectivity index (χ0) is 23.5. The zero-order valence-electron chi connectivity index (χ0n) is 17.7. The molecule has 2 aromatic carbocycles. The molecule has 0 unspecified atom stereocenters. The number of nitrogens with zero attached hydrogens (tertiary/aromatic N) is 2. The minimum Gasteiger partial charge on any atom is -0.326 e. The number of rotatable bonds is 7. The first-order chi connectivity index (χ1) is 15.0. The van der Waals surface area contributed by atoms with Crippen molar-refractivity contribution < 1.29 is 21.6 Å². The highest BCUT2D eigenvalue weighted by Gasteiger charge is 2.33. The lowest BCUT2D eigenvalue weighted by Gasteiger charge is -2.32. The molecule has 2 N–H and O–H groups in total. The Morgan fingerprint density at radius 3 is 2.38 bits per heavy atom. The standard InChI is InChI=1S/C20H25ClN4O5S2/c1-24(2)32(29,30)25-12-4-5-15(14-25)20(26)22-17-8-10-19(11-9-17)31(27,28)23-18-7-3-6-16(21)13-18/h3,6-11,13,15,23H,4-5,12,14H2,1-2H3,(H,22,26)/t15-/m0/s1. The predicted molar refractivity (Wildman–Crippen MR) is 124 cm³/mol. The third-order valence-electron chi connectivity index (χ3n) is 5.05. The van der Waals surface area contributed by atoms with E-state index >= 15 is 0 Å². The lowest BCUT2D eigenvalue weighted by Crippen LogP contribution is -2.47. The van der Waals surface area contributed by atoms with Crippen LogP contribution in [0, 0.1) is 5.92 Å². The van der Waals surface area contributed by atoms with Crippen molar-refractivity contribution in [3.05, 3.63) is 53.6 Å². The van der Waals surface area contributed by atoms with E-state index in [4.69, 9.17) is 11.6 Å². The molecule has 0 spiro atoms. The number of carbonyl (C=O) groups excluding carboxylic acids is 1. The lowest BCUT2D eigenvalue weighted by atomic mass is 9.99. The number of hydrogen-bond acceptors (Lipinski definition) is 5. The van der Waals surface area contributed by atoms with Crippen molar-refractivity contribution in [2.24, 2.45) is 5.92 Å². The molecule has 0 aliphatic carbocycles. The molecular formula is C20H25ClN4O5S2. The molecule has 1 atom stereocenters. The number of piperidine rings is 1. The fourth-order valence-electron chi connectivity index (χ4n) is 3.32. The van der Waals surface area contributed by atoms with Crippen molar-refractivity contribution in [1.82, 2.24) is 8.61 Å². The topological polar surface area (TPSA) is 116 Å². The number of anilines is 2. The number of nitrogens with one attached hydrogen (secondary N) is 2. The van der Waals surface area contributed by atoms with Gasteiger partial charge in [0.15, 0.2) is 0 Å². The molecule has 3 rings (SSSR count). The van der Waals surface area contributed by atoms with Crippen molar-refractivity contribution in [2.75, 3.05) is 37.2 Å². The van der Waals surface area contributed by atoms with Crippen molar-refractivity contribution in [1.29, 1.82) is 0 Å². The molecule has 1 aliphatic heterocycles. The van der Waals surface area contributed by atoms with E-state index in [-0.39, 0.29) is 17.3 Å². The quantitative estimate of drug-likeness (QED) is 0.606. The normalized spacial score (nSPS) is 17.8. The van der Waals surface area contributed by atoms with E-state index in [9.17, 15) is 21.6 Å². The van der Waals surface area contributed by atoms with Crippen LogP contribution in [0.25, 0.3) is 0 Å². The summed E-state index contributed by atoms with van der Waals surface area (Å²) < 4.78 is 54.7. The summed E-state index contributed by atoms with van der Waals surface area (Å²) in [4.78, 5) is 12.7. The Kier molecular flexibility index (Phi) is 7.46. The van der Waals surface area contributed by atoms with Crippen molar-refractivity contribution in [3.63, 3.8) is 0 Å². The van der Waals surface area contributed by atoms with Gasteiger partial charge in [0.2, 0.25) is 5.91 Å². The Morgan fingerprint density at radius 1 is 1.06 bits per heavy atom. The maximum Gasteiger partial charge on any atom is 0.281 e. The third-order valence-corrected chi connectivity index (χ3v) is 8.59. The Bertz CT molecular complexity index is 1180. The van der Waals surface area contributed by atoms with E-state index in [0.717, 1.165) is 4.31 Å². The minimum absolute atomic E-state index is 0.0244. The van der Waals surface area contributed by atoms with Crippen LogP contribution in [0.3, 0.4) is 0 Å². The van der Waals surface area contributed by atoms with Crippen LogP contribution in [-0.4, -0.2) is 58.5 Å². The van der Waals surface area contributed by atoms with E-state index in [1.165, 1.54) is 48.7 Å². The fraction of sp³-hybridized carbons (Fsp3) is 0.350. The molecule has 1 saturated heterocycles. The van der Waals surface area contributed by atoms with Crippen molar-refractivity contribution in [2.45, 2.75) is 17.7 Å². The van der Waals surface area contributed by atoms with Gasteiger partial charge in [-0.1, -0.05) is 17.7 Å². The molecule has 9 nitrogen and oxygen atoms in total. The van der Waals surface area contributed by atoms with Gasteiger partial charge in [-0.05, 0) is 55.3 Å². The van der Waals surface area contributed by atoms with Gasteiger partial charge in [-0.2, -0.15) is 17.0 Å². The first-order valence-corrected chi connectivity index (χ1v) is 13.1. The number of amides is 1. The third kappa shape index (κ3) is 5.78. The molecule has 1 amide bonds. The van der Waals surface area contributed by atoms with Crippen LogP contribution in [0.1, 0.15) is 12.8 Å². The van der Waals surface area contributed by atoms with Crippen LogP contribution < -0.4 is 10.0 Å². The molecule has 1 heterocycles.